The maximum Gasteiger partial charge on any atom is 0.124 e. The lowest BCUT2D eigenvalue weighted by atomic mass is 10.1. The van der Waals surface area contributed by atoms with Gasteiger partial charge in [0.2, 0.25) is 0 Å². The second kappa shape index (κ2) is 5.31. The normalized spacial score (nSPS) is 9.67. The molecule has 15 heavy (non-hydrogen) atoms. The standard InChI is InChI=1S/C13H17NO/c1-4-5-6-7-15-13-9-12(14)10(2)8-11(13)3/h1,8-9H,5-7,14H2,2-3H3. The zero-order valence-corrected chi connectivity index (χ0v) is 9.34. The molecule has 0 aliphatic heterocycles. The largest absolute Gasteiger partial charge is 0.493 e. The van der Waals surface area contributed by atoms with Crippen LogP contribution in [-0.2, 0) is 0 Å². The van der Waals surface area contributed by atoms with E-state index in [2.05, 4.69) is 5.92 Å². The van der Waals surface area contributed by atoms with Crippen LogP contribution < -0.4 is 10.5 Å². The Morgan fingerprint density at radius 1 is 1.33 bits per heavy atom. The van der Waals surface area contributed by atoms with Crippen LogP contribution in [0.4, 0.5) is 5.69 Å². The fraction of sp³-hybridized carbons (Fsp3) is 0.385. The molecular formula is C13H17NO. The highest BCUT2D eigenvalue weighted by Gasteiger charge is 2.02. The van der Waals surface area contributed by atoms with Gasteiger partial charge < -0.3 is 10.5 Å². The third kappa shape index (κ3) is 3.21. The van der Waals surface area contributed by atoms with Crippen LogP contribution in [0.25, 0.3) is 0 Å². The number of unbranched alkanes of at least 4 members (excludes halogenated alkanes) is 1. The summed E-state index contributed by atoms with van der Waals surface area (Å²) in [6, 6.07) is 3.91. The summed E-state index contributed by atoms with van der Waals surface area (Å²) in [6.45, 7) is 4.65. The molecule has 0 saturated heterocycles. The molecule has 0 amide bonds. The maximum atomic E-state index is 5.81. The predicted molar refractivity (Wildman–Crippen MR) is 63.9 cm³/mol. The van der Waals surface area contributed by atoms with Crippen molar-refractivity contribution in [3.63, 3.8) is 0 Å². The summed E-state index contributed by atoms with van der Waals surface area (Å²) >= 11 is 0. The van der Waals surface area contributed by atoms with Crippen LogP contribution in [0.15, 0.2) is 12.1 Å². The van der Waals surface area contributed by atoms with Crippen molar-refractivity contribution in [1.82, 2.24) is 0 Å². The average molecular weight is 203 g/mol. The molecule has 0 saturated carbocycles. The van der Waals surface area contributed by atoms with Crippen molar-refractivity contribution >= 4 is 5.69 Å². The number of aryl methyl sites for hydroxylation is 2. The highest BCUT2D eigenvalue weighted by molar-refractivity contribution is 5.54. The summed E-state index contributed by atoms with van der Waals surface area (Å²) in [4.78, 5) is 0. The molecule has 1 aromatic carbocycles. The number of nitrogen functional groups attached to an aromatic ring is 1. The number of nitrogens with two attached hydrogens (primary N) is 1. The molecular weight excluding hydrogens is 186 g/mol. The van der Waals surface area contributed by atoms with Gasteiger partial charge >= 0.3 is 0 Å². The highest BCUT2D eigenvalue weighted by atomic mass is 16.5. The third-order valence-corrected chi connectivity index (χ3v) is 2.29. The van der Waals surface area contributed by atoms with Gasteiger partial charge in [-0.2, -0.15) is 0 Å². The first-order valence-electron chi connectivity index (χ1n) is 5.08. The third-order valence-electron chi connectivity index (χ3n) is 2.29. The van der Waals surface area contributed by atoms with Crippen LogP contribution in [0.3, 0.4) is 0 Å². The van der Waals surface area contributed by atoms with Gasteiger partial charge in [0.05, 0.1) is 6.61 Å². The zero-order chi connectivity index (χ0) is 11.3. The molecule has 1 rings (SSSR count). The van der Waals surface area contributed by atoms with E-state index in [-0.39, 0.29) is 0 Å². The maximum absolute atomic E-state index is 5.81. The number of terminal acetylenes is 1. The Labute approximate surface area is 91.4 Å². The molecule has 0 spiro atoms. The first-order valence-corrected chi connectivity index (χ1v) is 5.08. The van der Waals surface area contributed by atoms with E-state index in [0.29, 0.717) is 6.61 Å². The SMILES string of the molecule is C#CCCCOc1cc(N)c(C)cc1C. The lowest BCUT2D eigenvalue weighted by Crippen LogP contribution is -2.00. The van der Waals surface area contributed by atoms with Gasteiger partial charge in [0.1, 0.15) is 5.75 Å². The van der Waals surface area contributed by atoms with Crippen molar-refractivity contribution in [1.29, 1.82) is 0 Å². The van der Waals surface area contributed by atoms with Crippen LogP contribution in [0.5, 0.6) is 5.75 Å². The van der Waals surface area contributed by atoms with Gasteiger partial charge in [0, 0.05) is 18.2 Å². The molecule has 2 heteroatoms. The Hall–Kier alpha value is -1.62. The minimum Gasteiger partial charge on any atom is -0.493 e. The summed E-state index contributed by atoms with van der Waals surface area (Å²) in [5.74, 6) is 3.44. The van der Waals surface area contributed by atoms with Crippen molar-refractivity contribution < 1.29 is 4.74 Å². The summed E-state index contributed by atoms with van der Waals surface area (Å²) in [5.41, 5.74) is 8.78. The quantitative estimate of drug-likeness (QED) is 0.464. The minimum atomic E-state index is 0.646. The van der Waals surface area contributed by atoms with Gasteiger partial charge in [0.15, 0.2) is 0 Å². The monoisotopic (exact) mass is 203 g/mol. The van der Waals surface area contributed by atoms with Crippen molar-refractivity contribution in [2.45, 2.75) is 26.7 Å². The molecule has 0 atom stereocenters. The van der Waals surface area contributed by atoms with Gasteiger partial charge in [-0.3, -0.25) is 0 Å². The second-order valence-electron chi connectivity index (χ2n) is 3.63. The summed E-state index contributed by atoms with van der Waals surface area (Å²) in [6.07, 6.45) is 6.79. The van der Waals surface area contributed by atoms with Crippen LogP contribution in [0, 0.1) is 26.2 Å². The summed E-state index contributed by atoms with van der Waals surface area (Å²) < 4.78 is 5.60. The Morgan fingerprint density at radius 2 is 2.07 bits per heavy atom. The van der Waals surface area contributed by atoms with Gasteiger partial charge in [0.25, 0.3) is 0 Å². The fourth-order valence-electron chi connectivity index (χ4n) is 1.36. The Morgan fingerprint density at radius 3 is 2.73 bits per heavy atom. The number of anilines is 1. The molecule has 0 bridgehead atoms. The number of ether oxygens (including phenoxy) is 1. The lowest BCUT2D eigenvalue weighted by molar-refractivity contribution is 0.311. The molecule has 0 aliphatic carbocycles. The van der Waals surface area contributed by atoms with Gasteiger partial charge in [-0.25, -0.2) is 0 Å². The zero-order valence-electron chi connectivity index (χ0n) is 9.34. The average Bonchev–Trinajstić information content (AvgIpc) is 2.20. The smallest absolute Gasteiger partial charge is 0.124 e. The molecule has 80 valence electrons. The molecule has 2 nitrogen and oxygen atoms in total. The molecule has 0 fully saturated rings. The molecule has 0 radical (unpaired) electrons. The highest BCUT2D eigenvalue weighted by Crippen LogP contribution is 2.24. The van der Waals surface area contributed by atoms with E-state index in [0.717, 1.165) is 35.4 Å². The molecule has 0 heterocycles. The molecule has 0 unspecified atom stereocenters. The number of rotatable bonds is 4. The molecule has 0 aromatic heterocycles. The van der Waals surface area contributed by atoms with E-state index in [1.807, 2.05) is 26.0 Å². The number of hydrogen-bond acceptors (Lipinski definition) is 2. The fourth-order valence-corrected chi connectivity index (χ4v) is 1.36. The van der Waals surface area contributed by atoms with Crippen molar-refractivity contribution in [2.24, 2.45) is 0 Å². The molecule has 0 aliphatic rings. The van der Waals surface area contributed by atoms with Crippen molar-refractivity contribution in [3.05, 3.63) is 23.3 Å². The number of hydrogen-bond donors (Lipinski definition) is 1. The van der Waals surface area contributed by atoms with E-state index in [1.165, 1.54) is 0 Å². The first-order chi connectivity index (χ1) is 7.15. The number of benzene rings is 1. The minimum absolute atomic E-state index is 0.646. The topological polar surface area (TPSA) is 35.2 Å². The van der Waals surface area contributed by atoms with Crippen LogP contribution in [-0.4, -0.2) is 6.61 Å². The van der Waals surface area contributed by atoms with Crippen molar-refractivity contribution in [3.8, 4) is 18.1 Å². The Balaban J connectivity index is 2.62. The van der Waals surface area contributed by atoms with E-state index >= 15 is 0 Å². The molecule has 2 N–H and O–H groups in total. The van der Waals surface area contributed by atoms with E-state index in [9.17, 15) is 0 Å². The van der Waals surface area contributed by atoms with Crippen LogP contribution in [0.2, 0.25) is 0 Å². The van der Waals surface area contributed by atoms with E-state index in [1.54, 1.807) is 0 Å². The summed E-state index contributed by atoms with van der Waals surface area (Å²) in [5, 5.41) is 0. The van der Waals surface area contributed by atoms with Gasteiger partial charge in [-0.15, -0.1) is 12.3 Å². The van der Waals surface area contributed by atoms with Crippen molar-refractivity contribution in [2.75, 3.05) is 12.3 Å². The van der Waals surface area contributed by atoms with Crippen LogP contribution >= 0.6 is 0 Å². The van der Waals surface area contributed by atoms with Gasteiger partial charge in [-0.05, 0) is 31.4 Å². The Kier molecular flexibility index (Phi) is 4.05. The Bertz CT molecular complexity index is 377. The molecule has 1 aromatic rings. The van der Waals surface area contributed by atoms with E-state index in [4.69, 9.17) is 16.9 Å². The van der Waals surface area contributed by atoms with E-state index < -0.39 is 0 Å². The second-order valence-corrected chi connectivity index (χ2v) is 3.63. The van der Waals surface area contributed by atoms with Crippen LogP contribution in [0.1, 0.15) is 24.0 Å². The van der Waals surface area contributed by atoms with Gasteiger partial charge in [-0.1, -0.05) is 6.07 Å². The summed E-state index contributed by atoms with van der Waals surface area (Å²) in [7, 11) is 0. The first kappa shape index (κ1) is 11.5. The predicted octanol–water partition coefficient (Wildman–Crippen LogP) is 2.68. The lowest BCUT2D eigenvalue weighted by Gasteiger charge is -2.10.